The van der Waals surface area contributed by atoms with E-state index in [-0.39, 0.29) is 24.9 Å². The smallest absolute Gasteiger partial charge is 0.308 e. The van der Waals surface area contributed by atoms with E-state index in [2.05, 4.69) is 10.3 Å². The van der Waals surface area contributed by atoms with E-state index < -0.39 is 24.4 Å². The van der Waals surface area contributed by atoms with Crippen LogP contribution in [0, 0.1) is 0 Å². The number of nitrogens with one attached hydrogen (secondary N) is 1. The molecular weight excluding hydrogens is 382 g/mol. The van der Waals surface area contributed by atoms with Crippen molar-refractivity contribution in [1.29, 1.82) is 0 Å². The number of hydrogen-bond donors (Lipinski definition) is 1. The summed E-state index contributed by atoms with van der Waals surface area (Å²) in [5.74, 6) is -1.83. The average molecular weight is 399 g/mol. The largest absolute Gasteiger partial charge is 0.456 e. The zero-order valence-corrected chi connectivity index (χ0v) is 15.6. The maximum absolute atomic E-state index is 12.2. The van der Waals surface area contributed by atoms with Crippen molar-refractivity contribution >= 4 is 39.3 Å². The zero-order chi connectivity index (χ0) is 19.9. The number of nitrogens with zero attached hydrogens (tertiary/aromatic N) is 2. The van der Waals surface area contributed by atoms with Gasteiger partial charge in [0.25, 0.3) is 11.5 Å². The van der Waals surface area contributed by atoms with Crippen molar-refractivity contribution in [2.24, 2.45) is 0 Å². The van der Waals surface area contributed by atoms with E-state index in [4.69, 9.17) is 4.74 Å². The molecule has 0 radical (unpaired) electrons. The van der Waals surface area contributed by atoms with Gasteiger partial charge in [0.05, 0.1) is 24.6 Å². The topological polar surface area (TPSA) is 107 Å². The Balaban J connectivity index is 1.42. The lowest BCUT2D eigenvalue weighted by atomic mass is 10.1. The number of fused-ring (bicyclic) bond motifs is 1. The van der Waals surface area contributed by atoms with Crippen LogP contribution in [0.15, 0.2) is 52.9 Å². The van der Waals surface area contributed by atoms with Crippen LogP contribution in [-0.2, 0) is 32.1 Å². The molecular formula is C19H17N3O5S. The highest BCUT2D eigenvalue weighted by molar-refractivity contribution is 7.16. The molecule has 1 N–H and O–H groups in total. The van der Waals surface area contributed by atoms with Gasteiger partial charge in [0.1, 0.15) is 4.83 Å². The van der Waals surface area contributed by atoms with Crippen LogP contribution in [0.3, 0.4) is 0 Å². The summed E-state index contributed by atoms with van der Waals surface area (Å²) < 4.78 is 6.17. The van der Waals surface area contributed by atoms with Crippen LogP contribution >= 0.6 is 11.3 Å². The van der Waals surface area contributed by atoms with E-state index in [1.54, 1.807) is 35.7 Å². The van der Waals surface area contributed by atoms with E-state index in [0.29, 0.717) is 10.2 Å². The molecule has 3 rings (SSSR count). The maximum atomic E-state index is 12.2. The third-order valence-electron chi connectivity index (χ3n) is 3.86. The number of thiophene rings is 1. The summed E-state index contributed by atoms with van der Waals surface area (Å²) >= 11 is 1.36. The minimum Gasteiger partial charge on any atom is -0.456 e. The molecule has 2 aromatic heterocycles. The summed E-state index contributed by atoms with van der Waals surface area (Å²) in [6, 6.07) is 10.6. The van der Waals surface area contributed by atoms with Gasteiger partial charge >= 0.3 is 5.97 Å². The molecule has 9 heteroatoms. The monoisotopic (exact) mass is 399 g/mol. The fraction of sp³-hybridized carbons (Fsp3) is 0.211. The molecule has 0 bridgehead atoms. The van der Waals surface area contributed by atoms with Crippen LogP contribution in [0.25, 0.3) is 10.2 Å². The number of carbonyl (C=O) groups is 3. The second-order valence-electron chi connectivity index (χ2n) is 5.93. The van der Waals surface area contributed by atoms with Gasteiger partial charge in [-0.2, -0.15) is 0 Å². The Kier molecular flexibility index (Phi) is 6.28. The standard InChI is InChI=1S/C19H17N3O5S/c23-15(10-13-4-2-1-3-5-13)21-16(24)11-27-17(25)6-8-22-12-20-18-14(19(22)26)7-9-28-18/h1-5,7,9,12H,6,8,10-11H2,(H,21,23,24). The molecule has 0 saturated heterocycles. The van der Waals surface area contributed by atoms with Crippen molar-refractivity contribution in [3.8, 4) is 0 Å². The molecule has 0 aliphatic carbocycles. The molecule has 0 saturated carbocycles. The molecule has 0 unspecified atom stereocenters. The molecule has 0 spiro atoms. The fourth-order valence-electron chi connectivity index (χ4n) is 2.50. The van der Waals surface area contributed by atoms with Crippen molar-refractivity contribution < 1.29 is 19.1 Å². The number of imide groups is 1. The molecule has 8 nitrogen and oxygen atoms in total. The van der Waals surface area contributed by atoms with Gasteiger partial charge in [-0.3, -0.25) is 29.1 Å². The first-order chi connectivity index (χ1) is 13.5. The van der Waals surface area contributed by atoms with Crippen molar-refractivity contribution in [2.45, 2.75) is 19.4 Å². The summed E-state index contributed by atoms with van der Waals surface area (Å²) in [6.07, 6.45) is 1.34. The molecule has 2 heterocycles. The molecule has 1 aromatic carbocycles. The first kappa shape index (κ1) is 19.4. The van der Waals surface area contributed by atoms with Crippen LogP contribution in [0.2, 0.25) is 0 Å². The van der Waals surface area contributed by atoms with Crippen molar-refractivity contribution in [3.63, 3.8) is 0 Å². The van der Waals surface area contributed by atoms with E-state index in [1.165, 1.54) is 22.2 Å². The highest BCUT2D eigenvalue weighted by atomic mass is 32.1. The van der Waals surface area contributed by atoms with Crippen molar-refractivity contribution in [1.82, 2.24) is 14.9 Å². The van der Waals surface area contributed by atoms with Gasteiger partial charge in [0.2, 0.25) is 5.91 Å². The van der Waals surface area contributed by atoms with E-state index in [9.17, 15) is 19.2 Å². The Bertz CT molecular complexity index is 1060. The predicted octanol–water partition coefficient (Wildman–Crippen LogP) is 1.28. The summed E-state index contributed by atoms with van der Waals surface area (Å²) in [4.78, 5) is 52.3. The molecule has 2 amide bonds. The van der Waals surface area contributed by atoms with Crippen LogP contribution in [-0.4, -0.2) is 33.9 Å². The van der Waals surface area contributed by atoms with Gasteiger partial charge < -0.3 is 4.74 Å². The third kappa shape index (κ3) is 5.10. The third-order valence-corrected chi connectivity index (χ3v) is 4.68. The number of aromatic nitrogens is 2. The number of amides is 2. The second-order valence-corrected chi connectivity index (χ2v) is 6.82. The van der Waals surface area contributed by atoms with Gasteiger partial charge in [0.15, 0.2) is 6.61 Å². The molecule has 0 fully saturated rings. The number of benzene rings is 1. The molecule has 0 aliphatic heterocycles. The number of esters is 1. The first-order valence-electron chi connectivity index (χ1n) is 8.48. The second kappa shape index (κ2) is 9.05. The normalized spacial score (nSPS) is 10.6. The fourth-order valence-corrected chi connectivity index (χ4v) is 3.22. The quantitative estimate of drug-likeness (QED) is 0.600. The number of carbonyl (C=O) groups excluding carboxylic acids is 3. The van der Waals surface area contributed by atoms with E-state index in [0.717, 1.165) is 5.56 Å². The van der Waals surface area contributed by atoms with Crippen LogP contribution in [0.5, 0.6) is 0 Å². The Hall–Kier alpha value is -3.33. The molecule has 0 atom stereocenters. The lowest BCUT2D eigenvalue weighted by Crippen LogP contribution is -2.35. The summed E-state index contributed by atoms with van der Waals surface area (Å²) in [5.41, 5.74) is 0.537. The predicted molar refractivity (Wildman–Crippen MR) is 103 cm³/mol. The highest BCUT2D eigenvalue weighted by Crippen LogP contribution is 2.13. The van der Waals surface area contributed by atoms with Crippen LogP contribution in [0.1, 0.15) is 12.0 Å². The molecule has 3 aromatic rings. The average Bonchev–Trinajstić information content (AvgIpc) is 3.16. The number of hydrogen-bond acceptors (Lipinski definition) is 7. The Labute approximate surface area is 163 Å². The molecule has 28 heavy (non-hydrogen) atoms. The van der Waals surface area contributed by atoms with E-state index >= 15 is 0 Å². The number of aryl methyl sites for hydroxylation is 1. The Morgan fingerprint density at radius 3 is 2.68 bits per heavy atom. The van der Waals surface area contributed by atoms with E-state index in [1.807, 2.05) is 6.07 Å². The summed E-state index contributed by atoms with van der Waals surface area (Å²) in [7, 11) is 0. The van der Waals surface area contributed by atoms with Gasteiger partial charge in [-0.05, 0) is 17.0 Å². The molecule has 0 aliphatic rings. The Morgan fingerprint density at radius 2 is 1.89 bits per heavy atom. The molecule has 144 valence electrons. The van der Waals surface area contributed by atoms with Gasteiger partial charge in [0, 0.05) is 6.54 Å². The van der Waals surface area contributed by atoms with Gasteiger partial charge in [-0.1, -0.05) is 30.3 Å². The van der Waals surface area contributed by atoms with Gasteiger partial charge in [-0.15, -0.1) is 11.3 Å². The maximum Gasteiger partial charge on any atom is 0.308 e. The number of ether oxygens (including phenoxy) is 1. The van der Waals surface area contributed by atoms with Crippen molar-refractivity contribution in [2.75, 3.05) is 6.61 Å². The lowest BCUT2D eigenvalue weighted by molar-refractivity contribution is -0.149. The zero-order valence-electron chi connectivity index (χ0n) is 14.8. The lowest BCUT2D eigenvalue weighted by Gasteiger charge is -2.07. The number of rotatable bonds is 7. The highest BCUT2D eigenvalue weighted by Gasteiger charge is 2.12. The minimum absolute atomic E-state index is 0.0570. The van der Waals surface area contributed by atoms with Crippen LogP contribution in [0.4, 0.5) is 0 Å². The van der Waals surface area contributed by atoms with Crippen LogP contribution < -0.4 is 10.9 Å². The SMILES string of the molecule is O=C(COC(=O)CCn1cnc2sccc2c1=O)NC(=O)Cc1ccccc1. The first-order valence-corrected chi connectivity index (χ1v) is 9.36. The van der Waals surface area contributed by atoms with Crippen molar-refractivity contribution in [3.05, 3.63) is 64.0 Å². The summed E-state index contributed by atoms with van der Waals surface area (Å²) in [6.45, 7) is -0.471. The van der Waals surface area contributed by atoms with Gasteiger partial charge in [-0.25, -0.2) is 4.98 Å². The minimum atomic E-state index is -0.701. The summed E-state index contributed by atoms with van der Waals surface area (Å²) in [5, 5.41) is 4.44. The Morgan fingerprint density at radius 1 is 1.11 bits per heavy atom.